The lowest BCUT2D eigenvalue weighted by Crippen LogP contribution is -2.52. The van der Waals surface area contributed by atoms with Crippen LogP contribution < -0.4 is 15.6 Å². The summed E-state index contributed by atoms with van der Waals surface area (Å²) in [5.74, 6) is 0.792. The van der Waals surface area contributed by atoms with Crippen molar-refractivity contribution in [3.63, 3.8) is 0 Å². The molecule has 3 N–H and O–H groups in total. The van der Waals surface area contributed by atoms with Crippen molar-refractivity contribution >= 4 is 39.3 Å². The Labute approximate surface area is 223 Å². The summed E-state index contributed by atoms with van der Waals surface area (Å²) in [4.78, 5) is 18.2. The molecule has 0 aliphatic carbocycles. The molecule has 9 heteroatoms. The first kappa shape index (κ1) is 26.2. The van der Waals surface area contributed by atoms with Gasteiger partial charge < -0.3 is 14.6 Å². The smallest absolute Gasteiger partial charge is 0.266 e. The molecular weight excluding hydrogens is 546 g/mol. The first-order chi connectivity index (χ1) is 17.5. The predicted molar refractivity (Wildman–Crippen MR) is 143 cm³/mol. The molecule has 1 atom stereocenters. The molecule has 0 saturated carbocycles. The van der Waals surface area contributed by atoms with E-state index in [1.54, 1.807) is 6.07 Å². The van der Waals surface area contributed by atoms with Crippen LogP contribution in [0.3, 0.4) is 0 Å². The van der Waals surface area contributed by atoms with E-state index in [0.29, 0.717) is 42.7 Å². The number of halogens is 2. The van der Waals surface area contributed by atoms with Gasteiger partial charge in [-0.25, -0.2) is 10.4 Å². The van der Waals surface area contributed by atoms with Gasteiger partial charge >= 0.3 is 0 Å². The zero-order chi connectivity index (χ0) is 25.4. The van der Waals surface area contributed by atoms with Crippen molar-refractivity contribution < 1.29 is 19.4 Å². The molecule has 3 aromatic carbocycles. The minimum absolute atomic E-state index is 0.0818. The van der Waals surface area contributed by atoms with E-state index in [2.05, 4.69) is 26.8 Å². The third-order valence-corrected chi connectivity index (χ3v) is 6.60. The molecule has 3 aromatic rings. The van der Waals surface area contributed by atoms with E-state index in [1.165, 1.54) is 0 Å². The number of carbonyl (C=O) groups excluding carboxylic acids is 1. The SMILES string of the molecule is O=C(NNCc1ccccc1Cl)[C@]1(Cc2ccc(Br)cc2)COC(c2ccc(OCCCO)cc2)=N1. The third kappa shape index (κ3) is 6.64. The fourth-order valence-corrected chi connectivity index (χ4v) is 4.21. The molecule has 0 spiro atoms. The second-order valence-electron chi connectivity index (χ2n) is 8.39. The predicted octanol–water partition coefficient (Wildman–Crippen LogP) is 4.44. The molecule has 0 fully saturated rings. The quantitative estimate of drug-likeness (QED) is 0.233. The Balaban J connectivity index is 1.51. The zero-order valence-corrected chi connectivity index (χ0v) is 21.9. The maximum atomic E-state index is 13.4. The van der Waals surface area contributed by atoms with E-state index in [1.807, 2.05) is 66.7 Å². The number of amides is 1. The number of aliphatic imine (C=N–C) groups is 1. The molecule has 0 saturated heterocycles. The largest absolute Gasteiger partial charge is 0.494 e. The van der Waals surface area contributed by atoms with Crippen molar-refractivity contribution in [2.75, 3.05) is 19.8 Å². The molecule has 188 valence electrons. The van der Waals surface area contributed by atoms with Gasteiger partial charge in [-0.1, -0.05) is 57.9 Å². The highest BCUT2D eigenvalue weighted by atomic mass is 79.9. The van der Waals surface area contributed by atoms with E-state index >= 15 is 0 Å². The van der Waals surface area contributed by atoms with E-state index < -0.39 is 5.54 Å². The Kier molecular flexibility index (Phi) is 8.98. The topological polar surface area (TPSA) is 92.2 Å². The molecule has 0 bridgehead atoms. The number of hydrogen-bond donors (Lipinski definition) is 3. The normalized spacial score (nSPS) is 16.8. The standard InChI is InChI=1S/C27H27BrClN3O4/c28-22-10-6-19(7-11-22)16-27(26(34)32-30-17-21-4-1-2-5-24(21)29)18-36-25(31-27)20-8-12-23(13-9-20)35-15-3-14-33/h1-2,4-13,30,33H,3,14-18H2,(H,32,34)/t27-/m0/s1. The third-order valence-electron chi connectivity index (χ3n) is 5.71. The number of benzene rings is 3. The van der Waals surface area contributed by atoms with Crippen LogP contribution in [0.1, 0.15) is 23.1 Å². The lowest BCUT2D eigenvalue weighted by molar-refractivity contribution is -0.127. The van der Waals surface area contributed by atoms with Crippen molar-refractivity contribution in [3.05, 3.63) is 99.0 Å². The van der Waals surface area contributed by atoms with Gasteiger partial charge in [0.05, 0.1) is 6.61 Å². The number of rotatable bonds is 11. The second kappa shape index (κ2) is 12.4. The van der Waals surface area contributed by atoms with E-state index in [0.717, 1.165) is 21.2 Å². The van der Waals surface area contributed by atoms with Crippen LogP contribution in [0.2, 0.25) is 5.02 Å². The molecule has 0 aromatic heterocycles. The number of nitrogens with one attached hydrogen (secondary N) is 2. The fraction of sp³-hybridized carbons (Fsp3) is 0.259. The number of nitrogens with zero attached hydrogens (tertiary/aromatic N) is 1. The van der Waals surface area contributed by atoms with Gasteiger partial charge in [-0.3, -0.25) is 10.2 Å². The molecule has 4 rings (SSSR count). The summed E-state index contributed by atoms with van der Waals surface area (Å²) < 4.78 is 12.5. The molecule has 1 aliphatic heterocycles. The summed E-state index contributed by atoms with van der Waals surface area (Å²) >= 11 is 9.68. The van der Waals surface area contributed by atoms with Crippen LogP contribution in [-0.2, 0) is 22.5 Å². The molecular formula is C27H27BrClN3O4. The van der Waals surface area contributed by atoms with Gasteiger partial charge in [0, 0.05) is 41.1 Å². The summed E-state index contributed by atoms with van der Waals surface area (Å²) in [6.07, 6.45) is 0.932. The minimum atomic E-state index is -1.15. The van der Waals surface area contributed by atoms with E-state index in [-0.39, 0.29) is 19.1 Å². The average Bonchev–Trinajstić information content (AvgIpc) is 3.32. The van der Waals surface area contributed by atoms with Gasteiger partial charge in [0.1, 0.15) is 12.4 Å². The molecule has 1 aliphatic rings. The lowest BCUT2D eigenvalue weighted by atomic mass is 9.91. The van der Waals surface area contributed by atoms with Crippen LogP contribution in [0.5, 0.6) is 5.75 Å². The Bertz CT molecular complexity index is 1200. The summed E-state index contributed by atoms with van der Waals surface area (Å²) in [7, 11) is 0. The molecule has 0 radical (unpaired) electrons. The highest BCUT2D eigenvalue weighted by Crippen LogP contribution is 2.28. The second-order valence-corrected chi connectivity index (χ2v) is 9.71. The van der Waals surface area contributed by atoms with Crippen LogP contribution in [0.25, 0.3) is 0 Å². The van der Waals surface area contributed by atoms with Crippen LogP contribution >= 0.6 is 27.5 Å². The Morgan fingerprint density at radius 2 is 1.86 bits per heavy atom. The number of aliphatic hydroxyl groups excluding tert-OH is 1. The average molecular weight is 573 g/mol. The number of hydrazine groups is 1. The lowest BCUT2D eigenvalue weighted by Gasteiger charge is -2.23. The van der Waals surface area contributed by atoms with Crippen molar-refractivity contribution in [1.29, 1.82) is 0 Å². The monoisotopic (exact) mass is 571 g/mol. The van der Waals surface area contributed by atoms with Crippen LogP contribution in [0.4, 0.5) is 0 Å². The summed E-state index contributed by atoms with van der Waals surface area (Å²) in [6.45, 7) is 0.991. The van der Waals surface area contributed by atoms with Gasteiger partial charge in [0.25, 0.3) is 5.91 Å². The number of hydrogen-bond acceptors (Lipinski definition) is 6. The minimum Gasteiger partial charge on any atom is -0.494 e. The van der Waals surface area contributed by atoms with Gasteiger partial charge in [0.15, 0.2) is 5.54 Å². The van der Waals surface area contributed by atoms with Crippen molar-refractivity contribution in [2.45, 2.75) is 24.9 Å². The first-order valence-corrected chi connectivity index (χ1v) is 12.7. The van der Waals surface area contributed by atoms with Gasteiger partial charge in [-0.15, -0.1) is 0 Å². The maximum Gasteiger partial charge on any atom is 0.266 e. The van der Waals surface area contributed by atoms with Crippen LogP contribution in [0, 0.1) is 0 Å². The molecule has 1 amide bonds. The number of ether oxygens (including phenoxy) is 2. The number of aliphatic hydroxyl groups is 1. The summed E-state index contributed by atoms with van der Waals surface area (Å²) in [6, 6.07) is 22.6. The zero-order valence-electron chi connectivity index (χ0n) is 19.5. The van der Waals surface area contributed by atoms with Gasteiger partial charge in [-0.2, -0.15) is 0 Å². The van der Waals surface area contributed by atoms with Crippen molar-refractivity contribution in [2.24, 2.45) is 4.99 Å². The van der Waals surface area contributed by atoms with Crippen LogP contribution in [0.15, 0.2) is 82.3 Å². The fourth-order valence-electron chi connectivity index (χ4n) is 3.75. The van der Waals surface area contributed by atoms with Crippen molar-refractivity contribution in [1.82, 2.24) is 10.9 Å². The first-order valence-electron chi connectivity index (χ1n) is 11.6. The Hall–Kier alpha value is -2.91. The van der Waals surface area contributed by atoms with Gasteiger partial charge in [-0.05, 0) is 53.6 Å². The van der Waals surface area contributed by atoms with E-state index in [9.17, 15) is 4.79 Å². The maximum absolute atomic E-state index is 13.4. The molecule has 1 heterocycles. The Morgan fingerprint density at radius 3 is 2.58 bits per heavy atom. The molecule has 36 heavy (non-hydrogen) atoms. The van der Waals surface area contributed by atoms with Crippen LogP contribution in [-0.4, -0.2) is 42.3 Å². The Morgan fingerprint density at radius 1 is 1.11 bits per heavy atom. The van der Waals surface area contributed by atoms with Crippen molar-refractivity contribution in [3.8, 4) is 5.75 Å². The highest BCUT2D eigenvalue weighted by Gasteiger charge is 2.44. The number of carbonyl (C=O) groups is 1. The molecule has 7 nitrogen and oxygen atoms in total. The summed E-state index contributed by atoms with van der Waals surface area (Å²) in [5, 5.41) is 9.53. The summed E-state index contributed by atoms with van der Waals surface area (Å²) in [5.41, 5.74) is 7.21. The van der Waals surface area contributed by atoms with E-state index in [4.69, 9.17) is 31.2 Å². The van der Waals surface area contributed by atoms with Gasteiger partial charge in [0.2, 0.25) is 5.90 Å². The highest BCUT2D eigenvalue weighted by molar-refractivity contribution is 9.10. The molecule has 0 unspecified atom stereocenters.